The van der Waals surface area contributed by atoms with Gasteiger partial charge >= 0.3 is 0 Å². The van der Waals surface area contributed by atoms with Crippen molar-refractivity contribution >= 4 is 5.78 Å². The number of fused-ring (bicyclic) bond motifs is 2. The molecule has 0 bridgehead atoms. The summed E-state index contributed by atoms with van der Waals surface area (Å²) in [5.41, 5.74) is 0.990. The van der Waals surface area contributed by atoms with Gasteiger partial charge in [0.05, 0.1) is 5.92 Å². The van der Waals surface area contributed by atoms with Gasteiger partial charge < -0.3 is 4.74 Å². The van der Waals surface area contributed by atoms with Gasteiger partial charge in [0.25, 0.3) is 0 Å². The molecule has 0 N–H and O–H groups in total. The van der Waals surface area contributed by atoms with Crippen molar-refractivity contribution in [1.29, 1.82) is 0 Å². The fourth-order valence-corrected chi connectivity index (χ4v) is 3.15. The van der Waals surface area contributed by atoms with E-state index in [-0.39, 0.29) is 12.0 Å². The fourth-order valence-electron chi connectivity index (χ4n) is 3.15. The van der Waals surface area contributed by atoms with Crippen molar-refractivity contribution in [3.8, 4) is 12.3 Å². The average Bonchev–Trinajstić information content (AvgIpc) is 2.75. The fraction of sp³-hybridized carbons (Fsp3) is 0.615. The number of rotatable bonds is 0. The number of ether oxygens (including phenoxy) is 1. The first-order valence-electron chi connectivity index (χ1n) is 5.70. The number of Topliss-reactive ketones (excluding diaryl/α,β-unsaturated/α-hetero) is 1. The van der Waals surface area contributed by atoms with Crippen LogP contribution >= 0.6 is 0 Å². The number of ketones is 1. The lowest BCUT2D eigenvalue weighted by Crippen LogP contribution is -2.20. The minimum atomic E-state index is 0.113. The molecule has 15 heavy (non-hydrogen) atoms. The second-order valence-electron chi connectivity index (χ2n) is 4.65. The molecule has 78 valence electrons. The van der Waals surface area contributed by atoms with Gasteiger partial charge in [-0.25, -0.2) is 0 Å². The summed E-state index contributed by atoms with van der Waals surface area (Å²) in [7, 11) is 0. The van der Waals surface area contributed by atoms with Crippen LogP contribution in [0.25, 0.3) is 0 Å². The number of hydrogen-bond acceptors (Lipinski definition) is 2. The molecule has 3 rings (SSSR count). The summed E-state index contributed by atoms with van der Waals surface area (Å²) < 4.78 is 5.88. The van der Waals surface area contributed by atoms with Gasteiger partial charge in [-0.05, 0) is 19.3 Å². The van der Waals surface area contributed by atoms with Gasteiger partial charge in [-0.1, -0.05) is 5.92 Å². The SMILES string of the molecule is C#C[C@@H]1CC[C@H]2C3=C(CCCC3=O)OC12. The van der Waals surface area contributed by atoms with E-state index in [4.69, 9.17) is 11.2 Å². The van der Waals surface area contributed by atoms with E-state index in [1.807, 2.05) is 0 Å². The van der Waals surface area contributed by atoms with E-state index in [1.54, 1.807) is 0 Å². The van der Waals surface area contributed by atoms with E-state index in [2.05, 4.69) is 5.92 Å². The third-order valence-electron chi connectivity index (χ3n) is 3.85. The molecular weight excluding hydrogens is 188 g/mol. The van der Waals surface area contributed by atoms with Crippen molar-refractivity contribution in [2.24, 2.45) is 11.8 Å². The minimum absolute atomic E-state index is 0.113. The topological polar surface area (TPSA) is 26.3 Å². The van der Waals surface area contributed by atoms with Crippen LogP contribution in [0.4, 0.5) is 0 Å². The summed E-state index contributed by atoms with van der Waals surface area (Å²) in [5, 5.41) is 0. The second kappa shape index (κ2) is 3.13. The first-order valence-corrected chi connectivity index (χ1v) is 5.70. The maximum Gasteiger partial charge on any atom is 0.162 e. The molecule has 2 nitrogen and oxygen atoms in total. The molecule has 0 saturated heterocycles. The van der Waals surface area contributed by atoms with Crippen molar-refractivity contribution in [2.75, 3.05) is 0 Å². The van der Waals surface area contributed by atoms with E-state index in [0.29, 0.717) is 18.1 Å². The van der Waals surface area contributed by atoms with Crippen molar-refractivity contribution in [3.63, 3.8) is 0 Å². The smallest absolute Gasteiger partial charge is 0.162 e. The van der Waals surface area contributed by atoms with Crippen LogP contribution in [-0.2, 0) is 9.53 Å². The molecule has 1 saturated carbocycles. The zero-order valence-corrected chi connectivity index (χ0v) is 8.66. The van der Waals surface area contributed by atoms with Crippen molar-refractivity contribution in [1.82, 2.24) is 0 Å². The molecule has 0 aromatic rings. The number of hydrogen-bond donors (Lipinski definition) is 0. The Kier molecular flexibility index (Phi) is 1.88. The van der Waals surface area contributed by atoms with Crippen LogP contribution in [-0.4, -0.2) is 11.9 Å². The van der Waals surface area contributed by atoms with Crippen molar-refractivity contribution < 1.29 is 9.53 Å². The van der Waals surface area contributed by atoms with Gasteiger partial charge in [0.15, 0.2) is 5.78 Å². The molecule has 1 heterocycles. The number of allylic oxidation sites excluding steroid dienone is 1. The number of terminal acetylenes is 1. The van der Waals surface area contributed by atoms with Gasteiger partial charge in [-0.15, -0.1) is 6.42 Å². The quantitative estimate of drug-likeness (QED) is 0.562. The molecule has 0 aromatic heterocycles. The van der Waals surface area contributed by atoms with Crippen molar-refractivity contribution in [3.05, 3.63) is 11.3 Å². The maximum atomic E-state index is 11.8. The molecule has 2 aliphatic carbocycles. The summed E-state index contributed by atoms with van der Waals surface area (Å²) in [4.78, 5) is 11.8. The van der Waals surface area contributed by atoms with E-state index in [9.17, 15) is 4.79 Å². The standard InChI is InChI=1S/C13H14O2/c1-2-8-6-7-9-12-10(14)4-3-5-11(12)15-13(8)9/h1,8-9,13H,3-7H2/t8-,9+,13?/m1/s1. The summed E-state index contributed by atoms with van der Waals surface area (Å²) >= 11 is 0. The molecule has 2 heteroatoms. The van der Waals surface area contributed by atoms with E-state index < -0.39 is 0 Å². The summed E-state index contributed by atoms with van der Waals surface area (Å²) in [6.07, 6.45) is 10.2. The molecule has 0 aromatic carbocycles. The molecule has 1 fully saturated rings. The Balaban J connectivity index is 1.94. The lowest BCUT2D eigenvalue weighted by atomic mass is 9.87. The third kappa shape index (κ3) is 1.16. The number of carbonyl (C=O) groups is 1. The Morgan fingerprint density at radius 3 is 3.00 bits per heavy atom. The predicted octanol–water partition coefficient (Wildman–Crippen LogP) is 2.05. The van der Waals surface area contributed by atoms with Crippen LogP contribution in [0.5, 0.6) is 0 Å². The summed E-state index contributed by atoms with van der Waals surface area (Å²) in [6, 6.07) is 0. The molecule has 1 aliphatic heterocycles. The van der Waals surface area contributed by atoms with Crippen LogP contribution in [0.3, 0.4) is 0 Å². The monoisotopic (exact) mass is 202 g/mol. The molecular formula is C13H14O2. The highest BCUT2D eigenvalue weighted by atomic mass is 16.5. The van der Waals surface area contributed by atoms with E-state index in [0.717, 1.165) is 37.0 Å². The van der Waals surface area contributed by atoms with Crippen LogP contribution in [0.1, 0.15) is 32.1 Å². The lowest BCUT2D eigenvalue weighted by Gasteiger charge is -2.15. The van der Waals surface area contributed by atoms with Crippen LogP contribution in [0.15, 0.2) is 11.3 Å². The zero-order valence-electron chi connectivity index (χ0n) is 8.66. The maximum absolute atomic E-state index is 11.8. The van der Waals surface area contributed by atoms with Gasteiger partial charge in [0, 0.05) is 24.3 Å². The van der Waals surface area contributed by atoms with Crippen LogP contribution in [0, 0.1) is 24.2 Å². The zero-order chi connectivity index (χ0) is 10.4. The van der Waals surface area contributed by atoms with Crippen LogP contribution < -0.4 is 0 Å². The highest BCUT2D eigenvalue weighted by Crippen LogP contribution is 2.48. The number of carbonyl (C=O) groups excluding carboxylic acids is 1. The Hall–Kier alpha value is -1.23. The van der Waals surface area contributed by atoms with E-state index in [1.165, 1.54) is 0 Å². The second-order valence-corrected chi connectivity index (χ2v) is 4.65. The Bertz CT molecular complexity index is 386. The average molecular weight is 202 g/mol. The Morgan fingerprint density at radius 1 is 1.33 bits per heavy atom. The Labute approximate surface area is 89.7 Å². The first-order chi connectivity index (χ1) is 7.31. The molecule has 0 spiro atoms. The Morgan fingerprint density at radius 2 is 2.20 bits per heavy atom. The largest absolute Gasteiger partial charge is 0.492 e. The highest BCUT2D eigenvalue weighted by Gasteiger charge is 2.47. The summed E-state index contributed by atoms with van der Waals surface area (Å²) in [5.74, 6) is 4.59. The third-order valence-corrected chi connectivity index (χ3v) is 3.85. The predicted molar refractivity (Wildman–Crippen MR) is 55.8 cm³/mol. The normalized spacial score (nSPS) is 38.3. The molecule has 3 atom stereocenters. The van der Waals surface area contributed by atoms with Gasteiger partial charge in [-0.2, -0.15) is 0 Å². The lowest BCUT2D eigenvalue weighted by molar-refractivity contribution is -0.116. The van der Waals surface area contributed by atoms with Crippen LogP contribution in [0.2, 0.25) is 0 Å². The van der Waals surface area contributed by atoms with Crippen molar-refractivity contribution in [2.45, 2.75) is 38.2 Å². The molecule has 1 unspecified atom stereocenters. The van der Waals surface area contributed by atoms with Gasteiger partial charge in [-0.3, -0.25) is 4.79 Å². The summed E-state index contributed by atoms with van der Waals surface area (Å²) in [6.45, 7) is 0. The van der Waals surface area contributed by atoms with Gasteiger partial charge in [0.2, 0.25) is 0 Å². The van der Waals surface area contributed by atoms with E-state index >= 15 is 0 Å². The molecule has 0 radical (unpaired) electrons. The molecule has 3 aliphatic rings. The van der Waals surface area contributed by atoms with Gasteiger partial charge in [0.1, 0.15) is 11.9 Å². The highest BCUT2D eigenvalue weighted by molar-refractivity contribution is 5.97. The first kappa shape index (κ1) is 9.03. The minimum Gasteiger partial charge on any atom is -0.492 e. The molecule has 0 amide bonds.